The molecule has 0 spiro atoms. The van der Waals surface area contributed by atoms with Crippen LogP contribution in [0.5, 0.6) is 0 Å². The monoisotopic (exact) mass is 290 g/mol. The van der Waals surface area contributed by atoms with E-state index < -0.39 is 17.8 Å². The zero-order valence-electron chi connectivity index (χ0n) is 11.9. The molecule has 6 heteroatoms. The van der Waals surface area contributed by atoms with Crippen LogP contribution in [0.15, 0.2) is 24.3 Å². The molecule has 0 aromatic heterocycles. The zero-order valence-corrected chi connectivity index (χ0v) is 11.9. The summed E-state index contributed by atoms with van der Waals surface area (Å²) in [5.74, 6) is 0. The van der Waals surface area contributed by atoms with E-state index in [0.717, 1.165) is 12.1 Å². The Morgan fingerprint density at radius 3 is 2.55 bits per heavy atom. The van der Waals surface area contributed by atoms with Gasteiger partial charge in [0.2, 0.25) is 0 Å². The van der Waals surface area contributed by atoms with Gasteiger partial charge in [-0.05, 0) is 31.7 Å². The van der Waals surface area contributed by atoms with E-state index in [9.17, 15) is 13.2 Å². The number of rotatable bonds is 6. The van der Waals surface area contributed by atoms with Crippen molar-refractivity contribution in [2.75, 3.05) is 27.3 Å². The Balaban J connectivity index is 2.75. The van der Waals surface area contributed by atoms with Crippen molar-refractivity contribution in [2.45, 2.75) is 25.2 Å². The van der Waals surface area contributed by atoms with E-state index in [0.29, 0.717) is 18.7 Å². The number of hydrogen-bond donors (Lipinski definition) is 1. The predicted molar refractivity (Wildman–Crippen MR) is 72.3 cm³/mol. The SMILES string of the molecule is COCC(C)N(C)CC(N)c1cccc(C(F)(F)F)c1. The quantitative estimate of drug-likeness (QED) is 0.875. The highest BCUT2D eigenvalue weighted by Gasteiger charge is 2.30. The minimum atomic E-state index is -4.34. The molecule has 1 aromatic rings. The van der Waals surface area contributed by atoms with Crippen LogP contribution in [0.4, 0.5) is 13.2 Å². The summed E-state index contributed by atoms with van der Waals surface area (Å²) in [5, 5.41) is 0. The van der Waals surface area contributed by atoms with E-state index in [1.165, 1.54) is 6.07 Å². The maximum absolute atomic E-state index is 12.7. The first-order valence-electron chi connectivity index (χ1n) is 6.37. The summed E-state index contributed by atoms with van der Waals surface area (Å²) < 4.78 is 43.0. The number of likely N-dealkylation sites (N-methyl/N-ethyl adjacent to an activating group) is 1. The molecule has 114 valence electrons. The number of alkyl halides is 3. The predicted octanol–water partition coefficient (Wildman–Crippen LogP) is 2.67. The minimum absolute atomic E-state index is 0.150. The highest BCUT2D eigenvalue weighted by molar-refractivity contribution is 5.28. The third-order valence-corrected chi connectivity index (χ3v) is 3.29. The molecule has 0 saturated carbocycles. The zero-order chi connectivity index (χ0) is 15.3. The van der Waals surface area contributed by atoms with Gasteiger partial charge in [-0.3, -0.25) is 4.90 Å². The second-order valence-corrected chi connectivity index (χ2v) is 4.97. The van der Waals surface area contributed by atoms with Gasteiger partial charge in [0, 0.05) is 25.7 Å². The van der Waals surface area contributed by atoms with Crippen molar-refractivity contribution in [3.05, 3.63) is 35.4 Å². The van der Waals surface area contributed by atoms with Gasteiger partial charge in [0.1, 0.15) is 0 Å². The average molecular weight is 290 g/mol. The van der Waals surface area contributed by atoms with E-state index in [2.05, 4.69) is 0 Å². The number of nitrogens with two attached hydrogens (primary N) is 1. The third kappa shape index (κ3) is 4.77. The first kappa shape index (κ1) is 16.9. The van der Waals surface area contributed by atoms with Gasteiger partial charge in [-0.15, -0.1) is 0 Å². The topological polar surface area (TPSA) is 38.5 Å². The van der Waals surface area contributed by atoms with Gasteiger partial charge in [0.05, 0.1) is 12.2 Å². The summed E-state index contributed by atoms with van der Waals surface area (Å²) >= 11 is 0. The molecular formula is C14H21F3N2O. The van der Waals surface area contributed by atoms with Crippen LogP contribution in [0, 0.1) is 0 Å². The summed E-state index contributed by atoms with van der Waals surface area (Å²) in [7, 11) is 3.48. The van der Waals surface area contributed by atoms with Crippen molar-refractivity contribution >= 4 is 0 Å². The second kappa shape index (κ2) is 7.06. The molecule has 2 N–H and O–H groups in total. The summed E-state index contributed by atoms with van der Waals surface area (Å²) in [4.78, 5) is 1.97. The van der Waals surface area contributed by atoms with Gasteiger partial charge < -0.3 is 10.5 Å². The molecule has 0 aliphatic heterocycles. The fourth-order valence-corrected chi connectivity index (χ4v) is 1.91. The van der Waals surface area contributed by atoms with Crippen molar-refractivity contribution < 1.29 is 17.9 Å². The van der Waals surface area contributed by atoms with Crippen LogP contribution in [0.1, 0.15) is 24.1 Å². The lowest BCUT2D eigenvalue weighted by atomic mass is 10.0. The van der Waals surface area contributed by atoms with Crippen LogP contribution in [-0.2, 0) is 10.9 Å². The number of halogens is 3. The van der Waals surface area contributed by atoms with Gasteiger partial charge in [-0.25, -0.2) is 0 Å². The number of nitrogens with zero attached hydrogens (tertiary/aromatic N) is 1. The smallest absolute Gasteiger partial charge is 0.383 e. The Labute approximate surface area is 117 Å². The molecule has 1 rings (SSSR count). The van der Waals surface area contributed by atoms with Gasteiger partial charge >= 0.3 is 6.18 Å². The standard InChI is InChI=1S/C14H21F3N2O/c1-10(9-20-3)19(2)8-13(18)11-5-4-6-12(7-11)14(15,16)17/h4-7,10,13H,8-9,18H2,1-3H3. The Morgan fingerprint density at radius 2 is 2.00 bits per heavy atom. The first-order chi connectivity index (χ1) is 9.25. The molecule has 1 aromatic carbocycles. The Morgan fingerprint density at radius 1 is 1.35 bits per heavy atom. The maximum Gasteiger partial charge on any atom is 0.416 e. The maximum atomic E-state index is 12.7. The van der Waals surface area contributed by atoms with E-state index >= 15 is 0 Å². The molecule has 0 amide bonds. The molecule has 0 aliphatic rings. The van der Waals surface area contributed by atoms with Gasteiger partial charge in [0.15, 0.2) is 0 Å². The van der Waals surface area contributed by atoms with Crippen LogP contribution in [0.3, 0.4) is 0 Å². The molecule has 0 saturated heterocycles. The van der Waals surface area contributed by atoms with E-state index in [4.69, 9.17) is 10.5 Å². The highest BCUT2D eigenvalue weighted by Crippen LogP contribution is 2.30. The molecule has 3 nitrogen and oxygen atoms in total. The van der Waals surface area contributed by atoms with Crippen LogP contribution in [0.25, 0.3) is 0 Å². The summed E-state index contributed by atoms with van der Waals surface area (Å²) in [6.45, 7) is 2.99. The lowest BCUT2D eigenvalue weighted by Crippen LogP contribution is -2.38. The molecule has 0 fully saturated rings. The van der Waals surface area contributed by atoms with Crippen molar-refractivity contribution in [1.29, 1.82) is 0 Å². The lowest BCUT2D eigenvalue weighted by molar-refractivity contribution is -0.137. The molecule has 0 aliphatic carbocycles. The Hall–Kier alpha value is -1.11. The largest absolute Gasteiger partial charge is 0.416 e. The van der Waals surface area contributed by atoms with Crippen molar-refractivity contribution in [3.63, 3.8) is 0 Å². The van der Waals surface area contributed by atoms with Gasteiger partial charge in [-0.2, -0.15) is 13.2 Å². The number of ether oxygens (including phenoxy) is 1. The summed E-state index contributed by atoms with van der Waals surface area (Å²) in [5.41, 5.74) is 5.81. The van der Waals surface area contributed by atoms with Crippen LogP contribution >= 0.6 is 0 Å². The molecular weight excluding hydrogens is 269 g/mol. The van der Waals surface area contributed by atoms with Crippen molar-refractivity contribution in [1.82, 2.24) is 4.90 Å². The van der Waals surface area contributed by atoms with Crippen LogP contribution in [-0.4, -0.2) is 38.3 Å². The fraction of sp³-hybridized carbons (Fsp3) is 0.571. The molecule has 0 heterocycles. The van der Waals surface area contributed by atoms with E-state index in [1.54, 1.807) is 13.2 Å². The van der Waals surface area contributed by atoms with Gasteiger partial charge in [-0.1, -0.05) is 12.1 Å². The van der Waals surface area contributed by atoms with Crippen LogP contribution < -0.4 is 5.73 Å². The summed E-state index contributed by atoms with van der Waals surface area (Å²) in [6, 6.07) is 4.84. The van der Waals surface area contributed by atoms with Crippen molar-refractivity contribution in [2.24, 2.45) is 5.73 Å². The van der Waals surface area contributed by atoms with Crippen molar-refractivity contribution in [3.8, 4) is 0 Å². The second-order valence-electron chi connectivity index (χ2n) is 4.97. The highest BCUT2D eigenvalue weighted by atomic mass is 19.4. The lowest BCUT2D eigenvalue weighted by Gasteiger charge is -2.27. The van der Waals surface area contributed by atoms with E-state index in [-0.39, 0.29) is 6.04 Å². The number of benzene rings is 1. The fourth-order valence-electron chi connectivity index (χ4n) is 1.91. The molecule has 20 heavy (non-hydrogen) atoms. The van der Waals surface area contributed by atoms with Gasteiger partial charge in [0.25, 0.3) is 0 Å². The number of methoxy groups -OCH3 is 1. The molecule has 2 atom stereocenters. The first-order valence-corrected chi connectivity index (χ1v) is 6.37. The Kier molecular flexibility index (Phi) is 5.98. The minimum Gasteiger partial charge on any atom is -0.383 e. The normalized spacial score (nSPS) is 15.4. The third-order valence-electron chi connectivity index (χ3n) is 3.29. The molecule has 2 unspecified atom stereocenters. The Bertz CT molecular complexity index is 423. The van der Waals surface area contributed by atoms with E-state index in [1.807, 2.05) is 18.9 Å². The summed E-state index contributed by atoms with van der Waals surface area (Å²) in [6.07, 6.45) is -4.34. The molecule has 0 radical (unpaired) electrons. The molecule has 0 bridgehead atoms. The number of hydrogen-bond acceptors (Lipinski definition) is 3. The average Bonchev–Trinajstić information content (AvgIpc) is 2.38. The van der Waals surface area contributed by atoms with Crippen LogP contribution in [0.2, 0.25) is 0 Å².